The first-order valence-corrected chi connectivity index (χ1v) is 11.9. The molecular weight excluding hydrogens is 467 g/mol. The summed E-state index contributed by atoms with van der Waals surface area (Å²) in [5.74, 6) is 1.57. The molecule has 2 heterocycles. The summed E-state index contributed by atoms with van der Waals surface area (Å²) in [6, 6.07) is 11.9. The lowest BCUT2D eigenvalue weighted by atomic mass is 10.2. The first-order valence-electron chi connectivity index (χ1n) is 10.0. The van der Waals surface area contributed by atoms with Crippen LogP contribution in [-0.4, -0.2) is 30.7 Å². The average Bonchev–Trinajstić information content (AvgIpc) is 3.49. The summed E-state index contributed by atoms with van der Waals surface area (Å²) >= 11 is 4.76. The van der Waals surface area contributed by atoms with Gasteiger partial charge in [-0.2, -0.15) is 0 Å². The van der Waals surface area contributed by atoms with E-state index in [1.54, 1.807) is 30.5 Å². The molecule has 0 aliphatic rings. The molecule has 2 aromatic heterocycles. The van der Waals surface area contributed by atoms with Gasteiger partial charge in [-0.05, 0) is 41.5 Å². The van der Waals surface area contributed by atoms with Crippen LogP contribution in [0.2, 0.25) is 5.02 Å². The van der Waals surface area contributed by atoms with Crippen molar-refractivity contribution in [3.05, 3.63) is 94.2 Å². The molecule has 170 valence electrons. The van der Waals surface area contributed by atoms with Gasteiger partial charge < -0.3 is 13.7 Å². The number of H-pyrrole nitrogens is 1. The van der Waals surface area contributed by atoms with E-state index >= 15 is 0 Å². The number of oxazole rings is 1. The molecule has 10 heteroatoms. The van der Waals surface area contributed by atoms with Crippen LogP contribution in [0.5, 0.6) is 5.75 Å². The van der Waals surface area contributed by atoms with Gasteiger partial charge in [-0.25, -0.2) is 9.37 Å². The van der Waals surface area contributed by atoms with E-state index in [1.807, 2.05) is 24.3 Å². The van der Waals surface area contributed by atoms with Crippen LogP contribution >= 0.6 is 11.6 Å². The van der Waals surface area contributed by atoms with Gasteiger partial charge >= 0.3 is 0 Å². The molecule has 1 unspecified atom stereocenters. The molecule has 7 nitrogen and oxygen atoms in total. The quantitative estimate of drug-likeness (QED) is 0.322. The SMILES string of the molecule is [O-][S+](CCc1c[nH]nn1)Cc1ccc(OCc2coc(C=Cc3ccc(Cl)cc3F)n2)cc1. The van der Waals surface area contributed by atoms with Crippen LogP contribution in [0.1, 0.15) is 28.4 Å². The molecule has 0 aliphatic carbocycles. The number of aromatic nitrogens is 4. The minimum absolute atomic E-state index is 0.218. The lowest BCUT2D eigenvalue weighted by Gasteiger charge is -2.11. The zero-order chi connectivity index (χ0) is 23.0. The van der Waals surface area contributed by atoms with Gasteiger partial charge in [0.25, 0.3) is 0 Å². The van der Waals surface area contributed by atoms with E-state index < -0.39 is 17.0 Å². The van der Waals surface area contributed by atoms with Crippen molar-refractivity contribution in [2.45, 2.75) is 18.8 Å². The van der Waals surface area contributed by atoms with Crippen molar-refractivity contribution in [3.8, 4) is 5.75 Å². The number of aromatic amines is 1. The number of hydrogen-bond acceptors (Lipinski definition) is 6. The van der Waals surface area contributed by atoms with Gasteiger partial charge in [-0.3, -0.25) is 5.10 Å². The molecule has 0 amide bonds. The van der Waals surface area contributed by atoms with Crippen LogP contribution in [0.3, 0.4) is 0 Å². The fraction of sp³-hybridized carbons (Fsp3) is 0.174. The second kappa shape index (κ2) is 11.1. The first kappa shape index (κ1) is 23.0. The summed E-state index contributed by atoms with van der Waals surface area (Å²) in [7, 11) is 0. The summed E-state index contributed by atoms with van der Waals surface area (Å²) < 4.78 is 37.2. The van der Waals surface area contributed by atoms with Gasteiger partial charge in [0, 0.05) is 34.8 Å². The molecule has 1 N–H and O–H groups in total. The van der Waals surface area contributed by atoms with Crippen molar-refractivity contribution < 1.29 is 18.1 Å². The molecule has 2 aromatic carbocycles. The number of aryl methyl sites for hydroxylation is 1. The second-order valence-electron chi connectivity index (χ2n) is 7.11. The van der Waals surface area contributed by atoms with Gasteiger partial charge in [0.1, 0.15) is 41.6 Å². The Kier molecular flexibility index (Phi) is 7.77. The standard InChI is InChI=1S/C23H20ClFN4O3S/c24-18-5-3-17(22(25)11-18)4-8-23-27-20(14-32-23)13-31-21-6-1-16(2-7-21)15-33(30)10-9-19-12-26-29-28-19/h1-8,11-12,14H,9-10,13,15H2,(H,26,28,29). The summed E-state index contributed by atoms with van der Waals surface area (Å²) in [6.45, 7) is 0.218. The lowest BCUT2D eigenvalue weighted by molar-refractivity contribution is 0.301. The van der Waals surface area contributed by atoms with Crippen LogP contribution in [0.25, 0.3) is 12.2 Å². The van der Waals surface area contributed by atoms with E-state index in [-0.39, 0.29) is 6.61 Å². The Morgan fingerprint density at radius 3 is 2.76 bits per heavy atom. The number of nitrogens with zero attached hydrogens (tertiary/aromatic N) is 3. The molecule has 0 spiro atoms. The topological polar surface area (TPSA) is 99.9 Å². The number of halogens is 2. The van der Waals surface area contributed by atoms with E-state index in [2.05, 4.69) is 20.4 Å². The highest BCUT2D eigenvalue weighted by Crippen LogP contribution is 2.19. The molecule has 33 heavy (non-hydrogen) atoms. The average molecular weight is 487 g/mol. The van der Waals surface area contributed by atoms with Crippen molar-refractivity contribution in [2.75, 3.05) is 5.75 Å². The van der Waals surface area contributed by atoms with Crippen LogP contribution in [0.4, 0.5) is 4.39 Å². The van der Waals surface area contributed by atoms with Crippen molar-refractivity contribution in [1.82, 2.24) is 20.4 Å². The minimum Gasteiger partial charge on any atom is -0.616 e. The molecule has 0 saturated carbocycles. The number of benzene rings is 2. The zero-order valence-electron chi connectivity index (χ0n) is 17.4. The number of rotatable bonds is 10. The van der Waals surface area contributed by atoms with Gasteiger partial charge in [-0.15, -0.1) is 5.10 Å². The zero-order valence-corrected chi connectivity index (χ0v) is 19.0. The Labute approximate surface area is 197 Å². The predicted molar refractivity (Wildman–Crippen MR) is 124 cm³/mol. The van der Waals surface area contributed by atoms with Crippen molar-refractivity contribution in [1.29, 1.82) is 0 Å². The minimum atomic E-state index is -0.993. The number of nitrogens with one attached hydrogen (secondary N) is 1. The van der Waals surface area contributed by atoms with Gasteiger partial charge in [-0.1, -0.05) is 35.0 Å². The Morgan fingerprint density at radius 1 is 1.15 bits per heavy atom. The summed E-state index contributed by atoms with van der Waals surface area (Å²) in [5.41, 5.74) is 2.75. The fourth-order valence-electron chi connectivity index (χ4n) is 2.93. The summed E-state index contributed by atoms with van der Waals surface area (Å²) in [5, 5.41) is 10.5. The molecular formula is C23H20ClFN4O3S. The third-order valence-corrected chi connectivity index (χ3v) is 6.18. The lowest BCUT2D eigenvalue weighted by Crippen LogP contribution is -2.11. The maximum Gasteiger partial charge on any atom is 0.218 e. The molecule has 4 aromatic rings. The molecule has 4 rings (SSSR count). The third kappa shape index (κ3) is 6.92. The van der Waals surface area contributed by atoms with Gasteiger partial charge in [0.2, 0.25) is 5.89 Å². The predicted octanol–water partition coefficient (Wildman–Crippen LogP) is 4.83. The largest absolute Gasteiger partial charge is 0.616 e. The number of ether oxygens (including phenoxy) is 1. The third-order valence-electron chi connectivity index (χ3n) is 4.63. The maximum absolute atomic E-state index is 13.8. The summed E-state index contributed by atoms with van der Waals surface area (Å²) in [4.78, 5) is 4.31. The van der Waals surface area contributed by atoms with Gasteiger partial charge in [0.15, 0.2) is 0 Å². The van der Waals surface area contributed by atoms with Crippen molar-refractivity contribution in [2.24, 2.45) is 0 Å². The van der Waals surface area contributed by atoms with Crippen LogP contribution < -0.4 is 4.74 Å². The molecule has 0 saturated heterocycles. The van der Waals surface area contributed by atoms with Crippen molar-refractivity contribution in [3.63, 3.8) is 0 Å². The first-order chi connectivity index (χ1) is 16.0. The smallest absolute Gasteiger partial charge is 0.218 e. The van der Waals surface area contributed by atoms with Crippen molar-refractivity contribution >= 4 is 34.9 Å². The van der Waals surface area contributed by atoms with E-state index in [0.717, 1.165) is 11.3 Å². The molecule has 0 fully saturated rings. The van der Waals surface area contributed by atoms with E-state index in [4.69, 9.17) is 20.8 Å². The highest BCUT2D eigenvalue weighted by Gasteiger charge is 2.10. The molecule has 0 bridgehead atoms. The van der Waals surface area contributed by atoms with E-state index in [0.29, 0.717) is 45.8 Å². The Hall–Kier alpha value is -3.14. The normalized spacial score (nSPS) is 12.3. The fourth-order valence-corrected chi connectivity index (χ4v) is 4.23. The monoisotopic (exact) mass is 486 g/mol. The Morgan fingerprint density at radius 2 is 2.00 bits per heavy atom. The van der Waals surface area contributed by atoms with E-state index in [1.165, 1.54) is 12.3 Å². The van der Waals surface area contributed by atoms with Gasteiger partial charge in [0.05, 0.1) is 5.69 Å². The van der Waals surface area contributed by atoms with Crippen LogP contribution in [-0.2, 0) is 30.0 Å². The van der Waals surface area contributed by atoms with Crippen LogP contribution in [0, 0.1) is 5.82 Å². The Bertz CT molecular complexity index is 1200. The Balaban J connectivity index is 1.24. The maximum atomic E-state index is 13.8. The highest BCUT2D eigenvalue weighted by molar-refractivity contribution is 7.90. The van der Waals surface area contributed by atoms with E-state index in [9.17, 15) is 8.94 Å². The molecule has 1 atom stereocenters. The van der Waals surface area contributed by atoms with Crippen LogP contribution in [0.15, 0.2) is 59.3 Å². The number of hydrogen-bond donors (Lipinski definition) is 1. The highest BCUT2D eigenvalue weighted by atomic mass is 35.5. The second-order valence-corrected chi connectivity index (χ2v) is 9.12. The molecule has 0 radical (unpaired) electrons. The molecule has 0 aliphatic heterocycles. The summed E-state index contributed by atoms with van der Waals surface area (Å²) in [6.07, 6.45) is 6.96.